The predicted octanol–water partition coefficient (Wildman–Crippen LogP) is 1.40. The lowest BCUT2D eigenvalue weighted by Gasteiger charge is -2.14. The van der Waals surface area contributed by atoms with E-state index in [9.17, 15) is 13.2 Å². The SMILES string of the molecule is COc1ccc(C(=O)NCCCn2ccnc2)cc1S(=O)(=O)NC(C)C. The second-order valence-corrected chi connectivity index (χ2v) is 7.73. The number of hydrogen-bond acceptors (Lipinski definition) is 5. The third-order valence-electron chi connectivity index (χ3n) is 3.54. The second kappa shape index (κ2) is 8.81. The normalized spacial score (nSPS) is 11.5. The molecule has 2 rings (SSSR count). The molecule has 0 aliphatic rings. The fraction of sp³-hybridized carbons (Fsp3) is 0.412. The van der Waals surface area contributed by atoms with E-state index in [0.717, 1.165) is 13.0 Å². The highest BCUT2D eigenvalue weighted by atomic mass is 32.2. The Kier molecular flexibility index (Phi) is 6.76. The molecule has 0 saturated carbocycles. The van der Waals surface area contributed by atoms with Crippen LogP contribution in [0, 0.1) is 0 Å². The zero-order valence-electron chi connectivity index (χ0n) is 15.1. The number of carbonyl (C=O) groups excluding carboxylic acids is 1. The molecule has 8 nitrogen and oxygen atoms in total. The molecule has 0 bridgehead atoms. The summed E-state index contributed by atoms with van der Waals surface area (Å²) in [7, 11) is -2.39. The van der Waals surface area contributed by atoms with Crippen LogP contribution in [0.3, 0.4) is 0 Å². The molecule has 0 saturated heterocycles. The Hall–Kier alpha value is -2.39. The first-order valence-electron chi connectivity index (χ1n) is 8.28. The molecule has 9 heteroatoms. The first-order valence-corrected chi connectivity index (χ1v) is 9.76. The monoisotopic (exact) mass is 380 g/mol. The fourth-order valence-corrected chi connectivity index (χ4v) is 3.83. The van der Waals surface area contributed by atoms with Crippen molar-refractivity contribution in [1.82, 2.24) is 19.6 Å². The van der Waals surface area contributed by atoms with Crippen LogP contribution in [0.5, 0.6) is 5.75 Å². The van der Waals surface area contributed by atoms with Gasteiger partial charge >= 0.3 is 0 Å². The maximum absolute atomic E-state index is 12.5. The fourth-order valence-electron chi connectivity index (χ4n) is 2.39. The Morgan fingerprint density at radius 1 is 1.35 bits per heavy atom. The third-order valence-corrected chi connectivity index (χ3v) is 5.22. The van der Waals surface area contributed by atoms with E-state index in [4.69, 9.17) is 4.74 Å². The number of aromatic nitrogens is 2. The van der Waals surface area contributed by atoms with Crippen LogP contribution in [-0.2, 0) is 16.6 Å². The number of imidazole rings is 1. The molecule has 0 atom stereocenters. The van der Waals surface area contributed by atoms with Crippen molar-refractivity contribution in [3.05, 3.63) is 42.5 Å². The van der Waals surface area contributed by atoms with E-state index in [2.05, 4.69) is 15.0 Å². The number of hydrogen-bond donors (Lipinski definition) is 2. The lowest BCUT2D eigenvalue weighted by molar-refractivity contribution is 0.0952. The van der Waals surface area contributed by atoms with Crippen LogP contribution >= 0.6 is 0 Å². The number of amides is 1. The number of benzene rings is 1. The van der Waals surface area contributed by atoms with Gasteiger partial charge in [-0.1, -0.05) is 0 Å². The van der Waals surface area contributed by atoms with Crippen molar-refractivity contribution in [2.75, 3.05) is 13.7 Å². The number of carbonyl (C=O) groups is 1. The average molecular weight is 380 g/mol. The van der Waals surface area contributed by atoms with Gasteiger partial charge in [-0.3, -0.25) is 4.79 Å². The molecular weight excluding hydrogens is 356 g/mol. The summed E-state index contributed by atoms with van der Waals surface area (Å²) in [5, 5.41) is 2.79. The lowest BCUT2D eigenvalue weighted by atomic mass is 10.2. The predicted molar refractivity (Wildman–Crippen MR) is 97.6 cm³/mol. The van der Waals surface area contributed by atoms with Gasteiger partial charge in [-0.25, -0.2) is 18.1 Å². The standard InChI is InChI=1S/C17H24N4O4S/c1-13(2)20-26(23,24)16-11-14(5-6-15(16)25-3)17(22)19-7-4-9-21-10-8-18-12-21/h5-6,8,10-13,20H,4,7,9H2,1-3H3,(H,19,22). The van der Waals surface area contributed by atoms with Crippen LogP contribution in [0.4, 0.5) is 0 Å². The molecule has 1 aromatic carbocycles. The van der Waals surface area contributed by atoms with Crippen LogP contribution in [0.15, 0.2) is 41.8 Å². The van der Waals surface area contributed by atoms with E-state index in [1.165, 1.54) is 19.2 Å². The summed E-state index contributed by atoms with van der Waals surface area (Å²) in [5.74, 6) is -0.144. The summed E-state index contributed by atoms with van der Waals surface area (Å²) in [6.07, 6.45) is 6.00. The third kappa shape index (κ3) is 5.30. The van der Waals surface area contributed by atoms with Crippen molar-refractivity contribution in [2.45, 2.75) is 37.8 Å². The molecule has 0 aliphatic heterocycles. The summed E-state index contributed by atoms with van der Waals surface area (Å²) < 4.78 is 34.5. The Morgan fingerprint density at radius 3 is 2.73 bits per heavy atom. The van der Waals surface area contributed by atoms with E-state index in [1.807, 2.05) is 10.8 Å². The number of methoxy groups -OCH3 is 1. The first kappa shape index (κ1) is 19.9. The molecule has 2 N–H and O–H groups in total. The van der Waals surface area contributed by atoms with E-state index in [-0.39, 0.29) is 28.2 Å². The van der Waals surface area contributed by atoms with Crippen LogP contribution in [0.25, 0.3) is 0 Å². The summed E-state index contributed by atoms with van der Waals surface area (Å²) >= 11 is 0. The quantitative estimate of drug-likeness (QED) is 0.640. The smallest absolute Gasteiger partial charge is 0.251 e. The Balaban J connectivity index is 2.06. The van der Waals surface area contributed by atoms with Crippen molar-refractivity contribution in [2.24, 2.45) is 0 Å². The molecule has 0 unspecified atom stereocenters. The molecule has 0 aliphatic carbocycles. The molecule has 0 spiro atoms. The average Bonchev–Trinajstić information content (AvgIpc) is 3.10. The minimum absolute atomic E-state index is 0.0558. The lowest BCUT2D eigenvalue weighted by Crippen LogP contribution is -2.31. The molecule has 1 aromatic heterocycles. The van der Waals surface area contributed by atoms with Gasteiger partial charge in [0, 0.05) is 37.1 Å². The van der Waals surface area contributed by atoms with E-state index in [0.29, 0.717) is 6.54 Å². The van der Waals surface area contributed by atoms with Gasteiger partial charge in [0.25, 0.3) is 5.91 Å². The summed E-state index contributed by atoms with van der Waals surface area (Å²) in [4.78, 5) is 16.2. The van der Waals surface area contributed by atoms with Gasteiger partial charge in [-0.05, 0) is 38.5 Å². The maximum Gasteiger partial charge on any atom is 0.251 e. The van der Waals surface area contributed by atoms with Gasteiger partial charge in [-0.2, -0.15) is 0 Å². The van der Waals surface area contributed by atoms with Crippen LogP contribution in [-0.4, -0.2) is 43.6 Å². The number of aryl methyl sites for hydroxylation is 1. The van der Waals surface area contributed by atoms with E-state index < -0.39 is 10.0 Å². The Morgan fingerprint density at radius 2 is 2.12 bits per heavy atom. The van der Waals surface area contributed by atoms with Gasteiger partial charge in [0.1, 0.15) is 10.6 Å². The summed E-state index contributed by atoms with van der Waals surface area (Å²) in [6, 6.07) is 4.08. The van der Waals surface area contributed by atoms with Gasteiger partial charge in [-0.15, -0.1) is 0 Å². The van der Waals surface area contributed by atoms with Gasteiger partial charge in [0.15, 0.2) is 0 Å². The number of sulfonamides is 1. The highest BCUT2D eigenvalue weighted by Gasteiger charge is 2.22. The molecular formula is C17H24N4O4S. The largest absolute Gasteiger partial charge is 0.495 e. The molecule has 1 heterocycles. The first-order chi connectivity index (χ1) is 12.3. The van der Waals surface area contributed by atoms with Crippen LogP contribution in [0.2, 0.25) is 0 Å². The van der Waals surface area contributed by atoms with Crippen molar-refractivity contribution in [1.29, 1.82) is 0 Å². The maximum atomic E-state index is 12.5. The Bertz CT molecular complexity index is 832. The minimum Gasteiger partial charge on any atom is -0.495 e. The van der Waals surface area contributed by atoms with Crippen molar-refractivity contribution < 1.29 is 17.9 Å². The molecule has 0 radical (unpaired) electrons. The van der Waals surface area contributed by atoms with Crippen molar-refractivity contribution in [3.8, 4) is 5.75 Å². The molecule has 1 amide bonds. The zero-order chi connectivity index (χ0) is 19.2. The Labute approximate surface area is 153 Å². The second-order valence-electron chi connectivity index (χ2n) is 6.05. The summed E-state index contributed by atoms with van der Waals surface area (Å²) in [6.45, 7) is 4.65. The number of nitrogens with zero attached hydrogens (tertiary/aromatic N) is 2. The van der Waals surface area contributed by atoms with Gasteiger partial charge < -0.3 is 14.6 Å². The number of nitrogens with one attached hydrogen (secondary N) is 2. The molecule has 0 fully saturated rings. The minimum atomic E-state index is -3.78. The molecule has 2 aromatic rings. The van der Waals surface area contributed by atoms with Crippen molar-refractivity contribution in [3.63, 3.8) is 0 Å². The molecule has 26 heavy (non-hydrogen) atoms. The van der Waals surface area contributed by atoms with E-state index in [1.54, 1.807) is 32.4 Å². The van der Waals surface area contributed by atoms with Crippen molar-refractivity contribution >= 4 is 15.9 Å². The van der Waals surface area contributed by atoms with Crippen LogP contribution < -0.4 is 14.8 Å². The highest BCUT2D eigenvalue weighted by molar-refractivity contribution is 7.89. The van der Waals surface area contributed by atoms with E-state index >= 15 is 0 Å². The van der Waals surface area contributed by atoms with Gasteiger partial charge in [0.2, 0.25) is 10.0 Å². The number of ether oxygens (including phenoxy) is 1. The summed E-state index contributed by atoms with van der Waals surface area (Å²) in [5.41, 5.74) is 0.262. The molecule has 142 valence electrons. The number of rotatable bonds is 9. The topological polar surface area (TPSA) is 102 Å². The zero-order valence-corrected chi connectivity index (χ0v) is 15.9. The van der Waals surface area contributed by atoms with Crippen LogP contribution in [0.1, 0.15) is 30.6 Å². The highest BCUT2D eigenvalue weighted by Crippen LogP contribution is 2.25. The van der Waals surface area contributed by atoms with Gasteiger partial charge in [0.05, 0.1) is 13.4 Å².